The van der Waals surface area contributed by atoms with Crippen LogP contribution in [0.1, 0.15) is 52.4 Å². The third-order valence-corrected chi connectivity index (χ3v) is 5.41. The highest BCUT2D eigenvalue weighted by atomic mass is 32.2. The highest BCUT2D eigenvalue weighted by molar-refractivity contribution is 7.99. The first-order valence-corrected chi connectivity index (χ1v) is 8.57. The lowest BCUT2D eigenvalue weighted by Crippen LogP contribution is -2.45. The minimum atomic E-state index is 0.0691. The summed E-state index contributed by atoms with van der Waals surface area (Å²) in [6, 6.07) is 0.535. The maximum Gasteiger partial charge on any atom is 0.241 e. The molecule has 4 heteroatoms. The van der Waals surface area contributed by atoms with Crippen molar-refractivity contribution in [2.75, 3.05) is 6.26 Å². The number of hydrogen-bond donors (Lipinski definition) is 1. The van der Waals surface area contributed by atoms with Gasteiger partial charge in [-0.2, -0.15) is 11.8 Å². The van der Waals surface area contributed by atoms with E-state index in [1.807, 2.05) is 11.8 Å². The van der Waals surface area contributed by atoms with Crippen LogP contribution in [0.2, 0.25) is 0 Å². The zero-order valence-corrected chi connectivity index (χ0v) is 12.6. The Balaban J connectivity index is 2.01. The molecule has 0 aromatic heterocycles. The van der Waals surface area contributed by atoms with E-state index in [4.69, 9.17) is 0 Å². The highest BCUT2D eigenvalue weighted by Crippen LogP contribution is 2.32. The lowest BCUT2D eigenvalue weighted by Gasteiger charge is -2.36. The number of rotatable bonds is 4. The number of nitrogens with one attached hydrogen (secondary N) is 1. The second kappa shape index (κ2) is 6.29. The molecule has 3 nitrogen and oxygen atoms in total. The van der Waals surface area contributed by atoms with Gasteiger partial charge in [-0.05, 0) is 38.9 Å². The quantitative estimate of drug-likeness (QED) is 0.852. The molecule has 1 saturated carbocycles. The SMILES string of the molecule is CCCC1NC(C)N(C2CCCC(SC)C2)C1=O. The van der Waals surface area contributed by atoms with E-state index in [2.05, 4.69) is 30.3 Å². The summed E-state index contributed by atoms with van der Waals surface area (Å²) >= 11 is 1.96. The fraction of sp³-hybridized carbons (Fsp3) is 0.929. The largest absolute Gasteiger partial charge is 0.323 e. The van der Waals surface area contributed by atoms with Gasteiger partial charge >= 0.3 is 0 Å². The smallest absolute Gasteiger partial charge is 0.241 e. The van der Waals surface area contributed by atoms with E-state index in [1.54, 1.807) is 0 Å². The summed E-state index contributed by atoms with van der Waals surface area (Å²) in [5.41, 5.74) is 0. The number of nitrogens with zero attached hydrogens (tertiary/aromatic N) is 1. The van der Waals surface area contributed by atoms with Crippen LogP contribution >= 0.6 is 11.8 Å². The van der Waals surface area contributed by atoms with Crippen molar-refractivity contribution >= 4 is 17.7 Å². The van der Waals surface area contributed by atoms with Gasteiger partial charge in [0, 0.05) is 11.3 Å². The minimum Gasteiger partial charge on any atom is -0.323 e. The highest BCUT2D eigenvalue weighted by Gasteiger charge is 2.40. The molecule has 2 aliphatic rings. The Labute approximate surface area is 115 Å². The van der Waals surface area contributed by atoms with E-state index < -0.39 is 0 Å². The van der Waals surface area contributed by atoms with Crippen molar-refractivity contribution in [2.24, 2.45) is 0 Å². The third kappa shape index (κ3) is 2.85. The van der Waals surface area contributed by atoms with Crippen LogP contribution in [0.15, 0.2) is 0 Å². The molecule has 1 N–H and O–H groups in total. The van der Waals surface area contributed by atoms with Crippen molar-refractivity contribution in [1.82, 2.24) is 10.2 Å². The molecular formula is C14H26N2OS. The van der Waals surface area contributed by atoms with Crippen molar-refractivity contribution in [3.63, 3.8) is 0 Å². The van der Waals surface area contributed by atoms with Crippen LogP contribution in [0.4, 0.5) is 0 Å². The Kier molecular flexibility index (Phi) is 4.96. The van der Waals surface area contributed by atoms with Gasteiger partial charge in [0.1, 0.15) is 0 Å². The molecule has 1 heterocycles. The van der Waals surface area contributed by atoms with Crippen LogP contribution in [0.5, 0.6) is 0 Å². The molecule has 2 rings (SSSR count). The molecule has 0 spiro atoms. The van der Waals surface area contributed by atoms with Crippen LogP contribution in [0, 0.1) is 0 Å². The van der Waals surface area contributed by atoms with Gasteiger partial charge in [-0.1, -0.05) is 19.8 Å². The topological polar surface area (TPSA) is 32.3 Å². The minimum absolute atomic E-state index is 0.0691. The van der Waals surface area contributed by atoms with E-state index in [-0.39, 0.29) is 12.2 Å². The first-order chi connectivity index (χ1) is 8.67. The first kappa shape index (κ1) is 14.2. The lowest BCUT2D eigenvalue weighted by molar-refractivity contribution is -0.132. The van der Waals surface area contributed by atoms with Gasteiger partial charge in [0.25, 0.3) is 0 Å². The Morgan fingerprint density at radius 2 is 2.22 bits per heavy atom. The maximum absolute atomic E-state index is 12.5. The van der Waals surface area contributed by atoms with Gasteiger partial charge < -0.3 is 4.90 Å². The first-order valence-electron chi connectivity index (χ1n) is 7.28. The van der Waals surface area contributed by atoms with Crippen LogP contribution in [-0.4, -0.2) is 40.6 Å². The molecule has 0 radical (unpaired) electrons. The van der Waals surface area contributed by atoms with Gasteiger partial charge in [0.2, 0.25) is 5.91 Å². The van der Waals surface area contributed by atoms with Crippen LogP contribution < -0.4 is 5.32 Å². The Hall–Kier alpha value is -0.220. The molecule has 18 heavy (non-hydrogen) atoms. The van der Waals surface area contributed by atoms with Crippen molar-refractivity contribution < 1.29 is 4.79 Å². The van der Waals surface area contributed by atoms with Crippen molar-refractivity contribution in [1.29, 1.82) is 0 Å². The Bertz CT molecular complexity index is 298. The summed E-state index contributed by atoms with van der Waals surface area (Å²) in [5, 5.41) is 4.20. The number of carbonyl (C=O) groups is 1. The summed E-state index contributed by atoms with van der Waals surface area (Å²) in [7, 11) is 0. The number of amides is 1. The van der Waals surface area contributed by atoms with Crippen molar-refractivity contribution in [3.05, 3.63) is 0 Å². The predicted molar refractivity (Wildman–Crippen MR) is 77.7 cm³/mol. The molecular weight excluding hydrogens is 244 g/mol. The maximum atomic E-state index is 12.5. The molecule has 0 aromatic carbocycles. The van der Waals surface area contributed by atoms with Crippen LogP contribution in [-0.2, 0) is 4.79 Å². The van der Waals surface area contributed by atoms with Gasteiger partial charge in [-0.3, -0.25) is 10.1 Å². The van der Waals surface area contributed by atoms with E-state index in [0.717, 1.165) is 18.1 Å². The molecule has 1 aliphatic heterocycles. The molecule has 1 saturated heterocycles. The van der Waals surface area contributed by atoms with Gasteiger partial charge in [-0.25, -0.2) is 0 Å². The summed E-state index contributed by atoms with van der Waals surface area (Å²) in [6.45, 7) is 4.28. The summed E-state index contributed by atoms with van der Waals surface area (Å²) in [4.78, 5) is 14.6. The summed E-state index contributed by atoms with van der Waals surface area (Å²) < 4.78 is 0. The lowest BCUT2D eigenvalue weighted by atomic mass is 9.93. The molecule has 0 bridgehead atoms. The monoisotopic (exact) mass is 270 g/mol. The number of thioether (sulfide) groups is 1. The normalized spacial score (nSPS) is 37.3. The van der Waals surface area contributed by atoms with Gasteiger partial charge in [-0.15, -0.1) is 0 Å². The number of carbonyl (C=O) groups excluding carboxylic acids is 1. The van der Waals surface area contributed by atoms with Gasteiger partial charge in [0.15, 0.2) is 0 Å². The van der Waals surface area contributed by atoms with E-state index in [9.17, 15) is 4.79 Å². The van der Waals surface area contributed by atoms with Crippen molar-refractivity contribution in [3.8, 4) is 0 Å². The van der Waals surface area contributed by atoms with E-state index in [0.29, 0.717) is 11.9 Å². The van der Waals surface area contributed by atoms with E-state index >= 15 is 0 Å². The van der Waals surface area contributed by atoms with Crippen LogP contribution in [0.3, 0.4) is 0 Å². The predicted octanol–water partition coefficient (Wildman–Crippen LogP) is 2.61. The van der Waals surface area contributed by atoms with Crippen molar-refractivity contribution in [2.45, 2.75) is 75.9 Å². The zero-order valence-electron chi connectivity index (χ0n) is 11.8. The fourth-order valence-corrected chi connectivity index (χ4v) is 4.21. The Morgan fingerprint density at radius 1 is 1.44 bits per heavy atom. The van der Waals surface area contributed by atoms with Crippen LogP contribution in [0.25, 0.3) is 0 Å². The molecule has 1 aliphatic carbocycles. The average molecular weight is 270 g/mol. The molecule has 4 unspecified atom stereocenters. The Morgan fingerprint density at radius 3 is 2.89 bits per heavy atom. The molecule has 1 amide bonds. The average Bonchev–Trinajstić information content (AvgIpc) is 2.65. The fourth-order valence-electron chi connectivity index (χ4n) is 3.39. The summed E-state index contributed by atoms with van der Waals surface area (Å²) in [6.07, 6.45) is 9.41. The molecule has 2 fully saturated rings. The molecule has 104 valence electrons. The molecule has 4 atom stereocenters. The molecule has 0 aromatic rings. The summed E-state index contributed by atoms with van der Waals surface area (Å²) in [5.74, 6) is 0.344. The van der Waals surface area contributed by atoms with Gasteiger partial charge in [0.05, 0.1) is 12.2 Å². The number of hydrogen-bond acceptors (Lipinski definition) is 3. The van der Waals surface area contributed by atoms with E-state index in [1.165, 1.54) is 25.7 Å². The third-order valence-electron chi connectivity index (χ3n) is 4.31. The zero-order chi connectivity index (χ0) is 13.1. The standard InChI is InChI=1S/C14H26N2OS/c1-4-6-13-14(17)16(10(2)15-13)11-7-5-8-12(9-11)18-3/h10-13,15H,4-9H2,1-3H3. The second-order valence-corrected chi connectivity index (χ2v) is 6.75. The second-order valence-electron chi connectivity index (χ2n) is 5.61.